The fraction of sp³-hybridized carbons (Fsp3) is 0.429. The van der Waals surface area contributed by atoms with Gasteiger partial charge in [-0.1, -0.05) is 43.4 Å². The summed E-state index contributed by atoms with van der Waals surface area (Å²) in [6, 6.07) is 6.16. The minimum atomic E-state index is -4.24. The van der Waals surface area contributed by atoms with Crippen LogP contribution in [0.25, 0.3) is 0 Å². The van der Waals surface area contributed by atoms with Gasteiger partial charge in [-0.2, -0.15) is 13.2 Å². The molecule has 8 heteroatoms. The lowest BCUT2D eigenvalue weighted by molar-refractivity contribution is -0.137. The van der Waals surface area contributed by atoms with Gasteiger partial charge in [-0.15, -0.1) is 23.5 Å². The van der Waals surface area contributed by atoms with Crippen molar-refractivity contribution in [3.05, 3.63) is 76.4 Å². The normalized spacial score (nSPS) is 17.7. The fourth-order valence-electron chi connectivity index (χ4n) is 3.94. The van der Waals surface area contributed by atoms with E-state index in [0.717, 1.165) is 59.2 Å². The first kappa shape index (κ1) is 30.0. The van der Waals surface area contributed by atoms with Gasteiger partial charge in [0.1, 0.15) is 0 Å². The predicted octanol–water partition coefficient (Wildman–Crippen LogP) is 8.56. The SMILES string of the molecule is C=C/C=C(C=NC1=C(SC)CCCCC1CSc1ccc(CCC(=O)O)c(C)c1)\C=C/CC(F)(F)F. The maximum absolute atomic E-state index is 12.5. The molecule has 0 saturated heterocycles. The first-order valence-corrected chi connectivity index (χ1v) is 14.1. The molecule has 0 heterocycles. The number of carboxylic acid groups (broad SMARTS) is 1. The first-order valence-electron chi connectivity index (χ1n) is 11.9. The first-order chi connectivity index (χ1) is 17.1. The van der Waals surface area contributed by atoms with Gasteiger partial charge in [0.25, 0.3) is 0 Å². The number of allylic oxidation sites excluding steroid dienone is 7. The van der Waals surface area contributed by atoms with Crippen LogP contribution < -0.4 is 0 Å². The van der Waals surface area contributed by atoms with E-state index in [4.69, 9.17) is 10.1 Å². The third-order valence-electron chi connectivity index (χ3n) is 5.82. The summed E-state index contributed by atoms with van der Waals surface area (Å²) in [7, 11) is 0. The van der Waals surface area contributed by atoms with Gasteiger partial charge in [0.05, 0.1) is 12.1 Å². The molecule has 196 valence electrons. The summed E-state index contributed by atoms with van der Waals surface area (Å²) >= 11 is 3.45. The highest BCUT2D eigenvalue weighted by molar-refractivity contribution is 8.02. The summed E-state index contributed by atoms with van der Waals surface area (Å²) < 4.78 is 37.6. The molecule has 0 bridgehead atoms. The zero-order chi connectivity index (χ0) is 26.6. The number of carbonyl (C=O) groups is 1. The van der Waals surface area contributed by atoms with Gasteiger partial charge in [-0.3, -0.25) is 9.79 Å². The number of carboxylic acids is 1. The highest BCUT2D eigenvalue weighted by atomic mass is 32.2. The van der Waals surface area contributed by atoms with Crippen LogP contribution in [0.3, 0.4) is 0 Å². The van der Waals surface area contributed by atoms with Crippen LogP contribution in [0.15, 0.2) is 75.1 Å². The molecule has 1 aliphatic carbocycles. The number of rotatable bonds is 12. The molecule has 0 radical (unpaired) electrons. The summed E-state index contributed by atoms with van der Waals surface area (Å²) in [4.78, 5) is 18.1. The van der Waals surface area contributed by atoms with Crippen LogP contribution in [-0.4, -0.2) is 35.5 Å². The Morgan fingerprint density at radius 3 is 2.72 bits per heavy atom. The van der Waals surface area contributed by atoms with Gasteiger partial charge < -0.3 is 5.11 Å². The van der Waals surface area contributed by atoms with Gasteiger partial charge in [-0.25, -0.2) is 0 Å². The van der Waals surface area contributed by atoms with E-state index in [0.29, 0.717) is 12.0 Å². The average molecular weight is 538 g/mol. The standard InChI is InChI=1S/C28H34F3NO2S2/c1-4-8-21(9-7-16-28(29,30)31)18-32-27-23(10-5-6-11-25(27)35-3)19-36-24-14-12-22(20(2)17-24)13-15-26(33)34/h4,7-9,12,14,17-18,23H,1,5-6,10-11,13,15-16,19H2,2-3H3,(H,33,34)/b9-7-,21-8+,32-18?. The number of thioether (sulfide) groups is 2. The molecule has 1 aliphatic rings. The molecule has 1 aromatic rings. The Bertz CT molecular complexity index is 1030. The zero-order valence-electron chi connectivity index (χ0n) is 20.8. The van der Waals surface area contributed by atoms with E-state index < -0.39 is 18.6 Å². The van der Waals surface area contributed by atoms with Crippen molar-refractivity contribution in [1.29, 1.82) is 0 Å². The van der Waals surface area contributed by atoms with Gasteiger partial charge >= 0.3 is 12.1 Å². The van der Waals surface area contributed by atoms with Crippen molar-refractivity contribution in [2.45, 2.75) is 62.9 Å². The molecule has 36 heavy (non-hydrogen) atoms. The van der Waals surface area contributed by atoms with Crippen LogP contribution in [-0.2, 0) is 11.2 Å². The van der Waals surface area contributed by atoms with Crippen LogP contribution in [0.5, 0.6) is 0 Å². The van der Waals surface area contributed by atoms with Crippen LogP contribution in [0.1, 0.15) is 49.7 Å². The molecule has 1 N–H and O–H groups in total. The molecule has 0 fully saturated rings. The fourth-order valence-corrected chi connectivity index (χ4v) is 5.86. The summed E-state index contributed by atoms with van der Waals surface area (Å²) in [5.74, 6) is 0.273. The van der Waals surface area contributed by atoms with Gasteiger partial charge in [-0.05, 0) is 67.7 Å². The van der Waals surface area contributed by atoms with Crippen molar-refractivity contribution < 1.29 is 23.1 Å². The molecule has 0 saturated carbocycles. The lowest BCUT2D eigenvalue weighted by Gasteiger charge is -2.18. The van der Waals surface area contributed by atoms with Crippen LogP contribution in [0.2, 0.25) is 0 Å². The van der Waals surface area contributed by atoms with Crippen molar-refractivity contribution in [3.8, 4) is 0 Å². The van der Waals surface area contributed by atoms with E-state index in [1.165, 1.54) is 11.0 Å². The van der Waals surface area contributed by atoms with Crippen molar-refractivity contribution in [1.82, 2.24) is 0 Å². The number of aliphatic imine (C=N–C) groups is 1. The van der Waals surface area contributed by atoms with E-state index in [-0.39, 0.29) is 12.3 Å². The zero-order valence-corrected chi connectivity index (χ0v) is 22.4. The molecule has 0 aliphatic heterocycles. The number of aryl methyl sites for hydroxylation is 2. The number of halogens is 3. The van der Waals surface area contributed by atoms with Gasteiger partial charge in [0.15, 0.2) is 0 Å². The lowest BCUT2D eigenvalue weighted by Crippen LogP contribution is -2.07. The van der Waals surface area contributed by atoms with Crippen LogP contribution in [0, 0.1) is 12.8 Å². The number of hydrogen-bond donors (Lipinski definition) is 1. The van der Waals surface area contributed by atoms with Crippen molar-refractivity contribution in [2.75, 3.05) is 12.0 Å². The molecule has 2 rings (SSSR count). The number of nitrogens with zero attached hydrogens (tertiary/aromatic N) is 1. The van der Waals surface area contributed by atoms with Crippen molar-refractivity contribution in [3.63, 3.8) is 0 Å². The number of alkyl halides is 3. The quantitative estimate of drug-likeness (QED) is 0.165. The molecule has 1 aromatic carbocycles. The van der Waals surface area contributed by atoms with Gasteiger partial charge in [0, 0.05) is 34.1 Å². The minimum absolute atomic E-state index is 0.118. The second kappa shape index (κ2) is 15.2. The highest BCUT2D eigenvalue weighted by Gasteiger charge is 2.24. The number of aliphatic carboxylic acids is 1. The second-order valence-electron chi connectivity index (χ2n) is 8.63. The molecule has 1 atom stereocenters. The molecule has 1 unspecified atom stereocenters. The second-order valence-corrected chi connectivity index (χ2v) is 10.6. The Morgan fingerprint density at radius 1 is 1.31 bits per heavy atom. The maximum Gasteiger partial charge on any atom is 0.392 e. The molecular formula is C28H34F3NO2S2. The molecular weight excluding hydrogens is 503 g/mol. The van der Waals surface area contributed by atoms with E-state index in [1.54, 1.807) is 41.9 Å². The summed E-state index contributed by atoms with van der Waals surface area (Å²) in [6.45, 7) is 5.67. The monoisotopic (exact) mass is 537 g/mol. The molecule has 0 aromatic heterocycles. The van der Waals surface area contributed by atoms with E-state index in [9.17, 15) is 18.0 Å². The van der Waals surface area contributed by atoms with Crippen molar-refractivity contribution in [2.24, 2.45) is 10.9 Å². The minimum Gasteiger partial charge on any atom is -0.481 e. The summed E-state index contributed by atoms with van der Waals surface area (Å²) in [5, 5.41) is 8.94. The molecule has 0 spiro atoms. The Hall–Kier alpha value is -2.19. The van der Waals surface area contributed by atoms with E-state index in [2.05, 4.69) is 12.6 Å². The van der Waals surface area contributed by atoms with Crippen LogP contribution in [0.4, 0.5) is 13.2 Å². The smallest absolute Gasteiger partial charge is 0.392 e. The highest BCUT2D eigenvalue weighted by Crippen LogP contribution is 2.38. The maximum atomic E-state index is 12.5. The summed E-state index contributed by atoms with van der Waals surface area (Å²) in [5.41, 5.74) is 3.73. The summed E-state index contributed by atoms with van der Waals surface area (Å²) in [6.07, 6.45) is 9.00. The lowest BCUT2D eigenvalue weighted by atomic mass is 10.0. The Morgan fingerprint density at radius 2 is 2.08 bits per heavy atom. The Balaban J connectivity index is 2.19. The largest absolute Gasteiger partial charge is 0.481 e. The predicted molar refractivity (Wildman–Crippen MR) is 147 cm³/mol. The van der Waals surface area contributed by atoms with E-state index >= 15 is 0 Å². The number of hydrogen-bond acceptors (Lipinski definition) is 4. The Labute approximate surface area is 220 Å². The molecule has 0 amide bonds. The molecule has 3 nitrogen and oxygen atoms in total. The average Bonchev–Trinajstić information content (AvgIpc) is 3.01. The topological polar surface area (TPSA) is 49.7 Å². The third kappa shape index (κ3) is 10.8. The van der Waals surface area contributed by atoms with Crippen molar-refractivity contribution >= 4 is 35.7 Å². The van der Waals surface area contributed by atoms with Crippen LogP contribution >= 0.6 is 23.5 Å². The Kier molecular flexibility index (Phi) is 12.6. The third-order valence-corrected chi connectivity index (χ3v) is 7.88. The van der Waals surface area contributed by atoms with E-state index in [1.807, 2.05) is 25.3 Å². The van der Waals surface area contributed by atoms with Gasteiger partial charge in [0.2, 0.25) is 0 Å². The number of benzene rings is 1.